The number of aryl methyl sites for hydroxylation is 2. The third kappa shape index (κ3) is 3.67. The van der Waals surface area contributed by atoms with Gasteiger partial charge in [-0.05, 0) is 25.8 Å². The van der Waals surface area contributed by atoms with Crippen LogP contribution in [0.2, 0.25) is 0 Å². The number of hydrogen-bond donors (Lipinski definition) is 1. The molecule has 102 valence electrons. The predicted octanol–water partition coefficient (Wildman–Crippen LogP) is 2.92. The van der Waals surface area contributed by atoms with Gasteiger partial charge in [0.15, 0.2) is 0 Å². The van der Waals surface area contributed by atoms with Crippen LogP contribution in [0.1, 0.15) is 30.5 Å². The van der Waals surface area contributed by atoms with Crippen LogP contribution in [0, 0.1) is 6.92 Å². The van der Waals surface area contributed by atoms with E-state index in [2.05, 4.69) is 23.0 Å². The zero-order valence-corrected chi connectivity index (χ0v) is 12.7. The molecule has 0 radical (unpaired) electrons. The van der Waals surface area contributed by atoms with Gasteiger partial charge in [-0.25, -0.2) is 9.97 Å². The van der Waals surface area contributed by atoms with Gasteiger partial charge in [-0.15, -0.1) is 23.1 Å². The largest absolute Gasteiger partial charge is 0.370 e. The number of thioether (sulfide) groups is 1. The molecule has 0 aliphatic rings. The van der Waals surface area contributed by atoms with E-state index in [-0.39, 0.29) is 5.91 Å². The Kier molecular flexibility index (Phi) is 4.76. The summed E-state index contributed by atoms with van der Waals surface area (Å²) in [6.07, 6.45) is 2.24. The van der Waals surface area contributed by atoms with E-state index < -0.39 is 0 Å². The first-order chi connectivity index (χ1) is 9.10. The number of primary amides is 1. The number of nitrogens with zero attached hydrogens (tertiary/aromatic N) is 2. The molecule has 1 amide bonds. The molecular weight excluding hydrogens is 278 g/mol. The standard InChI is InChI=1S/C13H17N3OS2/c1-3-9-7-10-12(18-6-4-5-11(14)17)15-8(2)16-13(10)19-9/h7H,3-6H2,1-2H3,(H2,14,17). The number of rotatable bonds is 6. The maximum absolute atomic E-state index is 10.7. The van der Waals surface area contributed by atoms with Crippen molar-refractivity contribution >= 4 is 39.2 Å². The quantitative estimate of drug-likeness (QED) is 0.505. The number of hydrogen-bond acceptors (Lipinski definition) is 5. The Morgan fingerprint density at radius 1 is 1.47 bits per heavy atom. The van der Waals surface area contributed by atoms with E-state index in [0.717, 1.165) is 39.7 Å². The normalized spacial score (nSPS) is 11.1. The maximum atomic E-state index is 10.7. The minimum atomic E-state index is -0.242. The SMILES string of the molecule is CCc1cc2c(SCCCC(N)=O)nc(C)nc2s1. The predicted molar refractivity (Wildman–Crippen MR) is 80.7 cm³/mol. The van der Waals surface area contributed by atoms with E-state index in [9.17, 15) is 4.79 Å². The third-order valence-electron chi connectivity index (χ3n) is 2.68. The summed E-state index contributed by atoms with van der Waals surface area (Å²) in [5.74, 6) is 1.41. The minimum absolute atomic E-state index is 0.242. The Morgan fingerprint density at radius 2 is 2.26 bits per heavy atom. The van der Waals surface area contributed by atoms with Crippen molar-refractivity contribution in [3.8, 4) is 0 Å². The minimum Gasteiger partial charge on any atom is -0.370 e. The van der Waals surface area contributed by atoms with Crippen molar-refractivity contribution in [3.63, 3.8) is 0 Å². The fourth-order valence-corrected chi connectivity index (χ4v) is 3.81. The summed E-state index contributed by atoms with van der Waals surface area (Å²) in [5, 5.41) is 2.15. The zero-order valence-electron chi connectivity index (χ0n) is 11.1. The molecule has 0 bridgehead atoms. The Bertz CT molecular complexity index is 595. The van der Waals surface area contributed by atoms with Crippen LogP contribution in [-0.2, 0) is 11.2 Å². The molecule has 2 aromatic heterocycles. The molecule has 0 fully saturated rings. The van der Waals surface area contributed by atoms with E-state index in [1.807, 2.05) is 6.92 Å². The highest BCUT2D eigenvalue weighted by Gasteiger charge is 2.10. The van der Waals surface area contributed by atoms with Gasteiger partial charge >= 0.3 is 0 Å². The van der Waals surface area contributed by atoms with Crippen LogP contribution < -0.4 is 5.73 Å². The van der Waals surface area contributed by atoms with E-state index in [4.69, 9.17) is 5.73 Å². The second-order valence-electron chi connectivity index (χ2n) is 4.28. The fourth-order valence-electron chi connectivity index (χ4n) is 1.75. The van der Waals surface area contributed by atoms with Gasteiger partial charge in [0, 0.05) is 22.4 Å². The lowest BCUT2D eigenvalue weighted by Crippen LogP contribution is -2.10. The summed E-state index contributed by atoms with van der Waals surface area (Å²) in [6.45, 7) is 4.06. The van der Waals surface area contributed by atoms with Crippen LogP contribution in [0.15, 0.2) is 11.1 Å². The molecule has 2 N–H and O–H groups in total. The highest BCUT2D eigenvalue weighted by Crippen LogP contribution is 2.32. The number of carbonyl (C=O) groups is 1. The van der Waals surface area contributed by atoms with E-state index in [1.54, 1.807) is 23.1 Å². The zero-order chi connectivity index (χ0) is 13.8. The molecule has 0 aliphatic heterocycles. The summed E-state index contributed by atoms with van der Waals surface area (Å²) in [4.78, 5) is 22.1. The number of fused-ring (bicyclic) bond motifs is 1. The molecule has 0 aromatic carbocycles. The Hall–Kier alpha value is -1.14. The Balaban J connectivity index is 2.16. The van der Waals surface area contributed by atoms with Gasteiger partial charge < -0.3 is 5.73 Å². The van der Waals surface area contributed by atoms with Gasteiger partial charge in [0.05, 0.1) is 0 Å². The molecule has 0 aliphatic carbocycles. The topological polar surface area (TPSA) is 68.9 Å². The molecule has 2 rings (SSSR count). The lowest BCUT2D eigenvalue weighted by molar-refractivity contribution is -0.118. The van der Waals surface area contributed by atoms with Crippen LogP contribution in [0.25, 0.3) is 10.2 Å². The number of thiophene rings is 1. The van der Waals surface area contributed by atoms with Crippen molar-refractivity contribution in [1.29, 1.82) is 0 Å². The Morgan fingerprint density at radius 3 is 2.95 bits per heavy atom. The van der Waals surface area contributed by atoms with Crippen molar-refractivity contribution in [2.45, 2.75) is 38.1 Å². The number of nitrogens with two attached hydrogens (primary N) is 1. The highest BCUT2D eigenvalue weighted by atomic mass is 32.2. The maximum Gasteiger partial charge on any atom is 0.217 e. The average Bonchev–Trinajstić information content (AvgIpc) is 2.77. The summed E-state index contributed by atoms with van der Waals surface area (Å²) in [7, 11) is 0. The first kappa shape index (κ1) is 14.3. The summed E-state index contributed by atoms with van der Waals surface area (Å²) in [5.41, 5.74) is 5.14. The van der Waals surface area contributed by atoms with Crippen molar-refractivity contribution in [2.75, 3.05) is 5.75 Å². The molecule has 0 atom stereocenters. The van der Waals surface area contributed by atoms with Crippen LogP contribution in [-0.4, -0.2) is 21.6 Å². The Labute approximate surface area is 120 Å². The number of amides is 1. The van der Waals surface area contributed by atoms with Crippen molar-refractivity contribution in [3.05, 3.63) is 16.8 Å². The lowest BCUT2D eigenvalue weighted by Gasteiger charge is -2.02. The van der Waals surface area contributed by atoms with Crippen molar-refractivity contribution in [1.82, 2.24) is 9.97 Å². The van der Waals surface area contributed by atoms with Gasteiger partial charge in [-0.1, -0.05) is 6.92 Å². The van der Waals surface area contributed by atoms with E-state index in [0.29, 0.717) is 6.42 Å². The number of carbonyl (C=O) groups excluding carboxylic acids is 1. The smallest absolute Gasteiger partial charge is 0.217 e. The molecule has 2 heterocycles. The molecule has 19 heavy (non-hydrogen) atoms. The van der Waals surface area contributed by atoms with Crippen LogP contribution in [0.5, 0.6) is 0 Å². The lowest BCUT2D eigenvalue weighted by atomic mass is 10.3. The second-order valence-corrected chi connectivity index (χ2v) is 6.48. The molecular formula is C13H17N3OS2. The molecule has 0 spiro atoms. The summed E-state index contributed by atoms with van der Waals surface area (Å²) in [6, 6.07) is 2.18. The summed E-state index contributed by atoms with van der Waals surface area (Å²) < 4.78 is 0. The molecule has 0 unspecified atom stereocenters. The third-order valence-corrected chi connectivity index (χ3v) is 4.93. The van der Waals surface area contributed by atoms with Gasteiger partial charge in [0.1, 0.15) is 15.7 Å². The van der Waals surface area contributed by atoms with E-state index >= 15 is 0 Å². The van der Waals surface area contributed by atoms with E-state index in [1.165, 1.54) is 4.88 Å². The fraction of sp³-hybridized carbons (Fsp3) is 0.462. The molecule has 6 heteroatoms. The first-order valence-corrected chi connectivity index (χ1v) is 8.08. The van der Waals surface area contributed by atoms with Gasteiger partial charge in [0.25, 0.3) is 0 Å². The van der Waals surface area contributed by atoms with Crippen LogP contribution in [0.4, 0.5) is 0 Å². The first-order valence-electron chi connectivity index (χ1n) is 6.28. The monoisotopic (exact) mass is 295 g/mol. The molecule has 0 saturated heterocycles. The highest BCUT2D eigenvalue weighted by molar-refractivity contribution is 7.99. The second kappa shape index (κ2) is 6.34. The average molecular weight is 295 g/mol. The van der Waals surface area contributed by atoms with Gasteiger partial charge in [-0.3, -0.25) is 4.79 Å². The molecule has 2 aromatic rings. The molecule has 4 nitrogen and oxygen atoms in total. The van der Waals surface area contributed by atoms with Gasteiger partial charge in [0.2, 0.25) is 5.91 Å². The van der Waals surface area contributed by atoms with Crippen molar-refractivity contribution < 1.29 is 4.79 Å². The van der Waals surface area contributed by atoms with Crippen LogP contribution in [0.3, 0.4) is 0 Å². The van der Waals surface area contributed by atoms with Gasteiger partial charge in [-0.2, -0.15) is 0 Å². The number of aromatic nitrogens is 2. The van der Waals surface area contributed by atoms with Crippen molar-refractivity contribution in [2.24, 2.45) is 5.73 Å². The van der Waals surface area contributed by atoms with Crippen LogP contribution >= 0.6 is 23.1 Å². The molecule has 0 saturated carbocycles. The summed E-state index contributed by atoms with van der Waals surface area (Å²) >= 11 is 3.41.